The van der Waals surface area contributed by atoms with Crippen molar-refractivity contribution >= 4 is 23.0 Å². The summed E-state index contributed by atoms with van der Waals surface area (Å²) in [6.45, 7) is 8.16. The predicted octanol–water partition coefficient (Wildman–Crippen LogP) is 3.10. The van der Waals surface area contributed by atoms with Crippen molar-refractivity contribution in [3.63, 3.8) is 0 Å². The van der Waals surface area contributed by atoms with Crippen LogP contribution in [0.1, 0.15) is 44.7 Å². The molecule has 2 aromatic heterocycles. The first-order valence-electron chi connectivity index (χ1n) is 11.7. The van der Waals surface area contributed by atoms with Crippen molar-refractivity contribution in [2.24, 2.45) is 0 Å². The number of carbonyl (C=O) groups is 1. The number of aromatic nitrogens is 4. The highest BCUT2D eigenvalue weighted by atomic mass is 16.5. The van der Waals surface area contributed by atoms with E-state index in [1.165, 1.54) is 0 Å². The third kappa shape index (κ3) is 5.69. The number of ether oxygens (including phenoxy) is 2. The number of hydroxylamine groups is 1. The van der Waals surface area contributed by atoms with Crippen molar-refractivity contribution < 1.29 is 19.5 Å². The SMILES string of the molecule is CC(C)n1cnc2c(-c3ccc(COCCCCC(=O)NO)cc3)nc(N3CCOCC3)nc21. The van der Waals surface area contributed by atoms with Gasteiger partial charge in [0, 0.05) is 37.7 Å². The fourth-order valence-electron chi connectivity index (χ4n) is 3.88. The van der Waals surface area contributed by atoms with Gasteiger partial charge in [-0.3, -0.25) is 10.0 Å². The molecule has 34 heavy (non-hydrogen) atoms. The number of hydrogen-bond acceptors (Lipinski definition) is 8. The Balaban J connectivity index is 1.49. The summed E-state index contributed by atoms with van der Waals surface area (Å²) in [7, 11) is 0. The zero-order valence-corrected chi connectivity index (χ0v) is 19.7. The zero-order chi connectivity index (χ0) is 23.9. The summed E-state index contributed by atoms with van der Waals surface area (Å²) < 4.78 is 13.3. The first kappa shape index (κ1) is 24.1. The molecule has 0 atom stereocenters. The number of nitrogens with zero attached hydrogens (tertiary/aromatic N) is 5. The Hall–Kier alpha value is -3.08. The molecule has 3 heterocycles. The first-order valence-corrected chi connectivity index (χ1v) is 11.7. The Morgan fingerprint density at radius 3 is 2.65 bits per heavy atom. The number of nitrogens with one attached hydrogen (secondary N) is 1. The van der Waals surface area contributed by atoms with Gasteiger partial charge in [0.15, 0.2) is 5.65 Å². The molecule has 1 amide bonds. The number of unbranched alkanes of at least 4 members (excludes halogenated alkanes) is 1. The summed E-state index contributed by atoms with van der Waals surface area (Å²) in [6.07, 6.45) is 3.56. The molecule has 0 saturated carbocycles. The molecule has 1 aliphatic heterocycles. The Bertz CT molecular complexity index is 1090. The summed E-state index contributed by atoms with van der Waals surface area (Å²) in [5.74, 6) is 0.333. The number of imidazole rings is 1. The molecule has 1 fully saturated rings. The van der Waals surface area contributed by atoms with Crippen LogP contribution in [0.5, 0.6) is 0 Å². The van der Waals surface area contributed by atoms with Gasteiger partial charge < -0.3 is 18.9 Å². The minimum absolute atomic E-state index is 0.239. The van der Waals surface area contributed by atoms with Crippen LogP contribution in [0, 0.1) is 0 Å². The second kappa shape index (κ2) is 11.4. The molecule has 0 bridgehead atoms. The topological polar surface area (TPSA) is 115 Å². The lowest BCUT2D eigenvalue weighted by Crippen LogP contribution is -2.37. The van der Waals surface area contributed by atoms with Gasteiger partial charge in [-0.2, -0.15) is 4.98 Å². The molecule has 10 heteroatoms. The van der Waals surface area contributed by atoms with Gasteiger partial charge in [0.2, 0.25) is 11.9 Å². The monoisotopic (exact) mass is 468 g/mol. The fourth-order valence-corrected chi connectivity index (χ4v) is 3.88. The van der Waals surface area contributed by atoms with E-state index in [4.69, 9.17) is 24.6 Å². The molecular weight excluding hydrogens is 436 g/mol. The number of fused-ring (bicyclic) bond motifs is 1. The molecule has 2 N–H and O–H groups in total. The molecule has 0 radical (unpaired) electrons. The maximum absolute atomic E-state index is 11.0. The number of rotatable bonds is 10. The summed E-state index contributed by atoms with van der Waals surface area (Å²) in [5.41, 5.74) is 6.13. The lowest BCUT2D eigenvalue weighted by atomic mass is 10.1. The molecule has 10 nitrogen and oxygen atoms in total. The van der Waals surface area contributed by atoms with Crippen LogP contribution in [0.4, 0.5) is 5.95 Å². The number of morpholine rings is 1. The highest BCUT2D eigenvalue weighted by Crippen LogP contribution is 2.29. The smallest absolute Gasteiger partial charge is 0.243 e. The number of benzene rings is 1. The molecule has 1 aromatic carbocycles. The maximum Gasteiger partial charge on any atom is 0.243 e. The van der Waals surface area contributed by atoms with E-state index in [-0.39, 0.29) is 11.9 Å². The largest absolute Gasteiger partial charge is 0.378 e. The molecule has 0 unspecified atom stereocenters. The lowest BCUT2D eigenvalue weighted by molar-refractivity contribution is -0.129. The van der Waals surface area contributed by atoms with Crippen molar-refractivity contribution in [2.45, 2.75) is 45.8 Å². The van der Waals surface area contributed by atoms with Crippen molar-refractivity contribution in [2.75, 3.05) is 37.8 Å². The Labute approximate surface area is 198 Å². The van der Waals surface area contributed by atoms with Gasteiger partial charge in [0.05, 0.1) is 26.1 Å². The number of hydrogen-bond donors (Lipinski definition) is 2. The van der Waals surface area contributed by atoms with Crippen LogP contribution in [-0.2, 0) is 20.9 Å². The van der Waals surface area contributed by atoms with Crippen molar-refractivity contribution in [3.05, 3.63) is 36.2 Å². The predicted molar refractivity (Wildman–Crippen MR) is 128 cm³/mol. The van der Waals surface area contributed by atoms with E-state index in [1.54, 1.807) is 5.48 Å². The Morgan fingerprint density at radius 2 is 1.94 bits per heavy atom. The highest BCUT2D eigenvalue weighted by Gasteiger charge is 2.20. The van der Waals surface area contributed by atoms with Crippen molar-refractivity contribution in [1.82, 2.24) is 25.0 Å². The number of anilines is 1. The summed E-state index contributed by atoms with van der Waals surface area (Å²) in [5, 5.41) is 8.51. The number of carbonyl (C=O) groups excluding carboxylic acids is 1. The summed E-state index contributed by atoms with van der Waals surface area (Å²) in [6, 6.07) is 8.41. The van der Waals surface area contributed by atoms with E-state index in [0.717, 1.165) is 47.5 Å². The van der Waals surface area contributed by atoms with Crippen LogP contribution in [-0.4, -0.2) is 63.5 Å². The fraction of sp³-hybridized carbons (Fsp3) is 0.500. The van der Waals surface area contributed by atoms with Gasteiger partial charge in [-0.1, -0.05) is 24.3 Å². The lowest BCUT2D eigenvalue weighted by Gasteiger charge is -2.27. The van der Waals surface area contributed by atoms with Crippen molar-refractivity contribution in [1.29, 1.82) is 0 Å². The van der Waals surface area contributed by atoms with Gasteiger partial charge in [-0.05, 0) is 32.3 Å². The van der Waals surface area contributed by atoms with E-state index in [1.807, 2.05) is 30.6 Å². The summed E-state index contributed by atoms with van der Waals surface area (Å²) in [4.78, 5) is 27.6. The standard InChI is InChI=1S/C24H32N6O4/c1-17(2)30-16-25-22-21(26-24(27-23(22)30)29-10-13-33-14-11-29)19-8-6-18(7-9-19)15-34-12-4-3-5-20(31)28-32/h6-9,16-17,32H,3-5,10-15H2,1-2H3,(H,28,31). The van der Waals surface area contributed by atoms with Gasteiger partial charge in [0.1, 0.15) is 11.2 Å². The van der Waals surface area contributed by atoms with E-state index in [2.05, 4.69) is 28.3 Å². The van der Waals surface area contributed by atoms with Crippen LogP contribution < -0.4 is 10.4 Å². The second-order valence-electron chi connectivity index (χ2n) is 8.63. The first-order chi connectivity index (χ1) is 16.6. The molecule has 4 rings (SSSR count). The van der Waals surface area contributed by atoms with Gasteiger partial charge >= 0.3 is 0 Å². The third-order valence-electron chi connectivity index (χ3n) is 5.82. The quantitative estimate of drug-likeness (QED) is 0.265. The van der Waals surface area contributed by atoms with Gasteiger partial charge in [-0.25, -0.2) is 15.4 Å². The molecule has 0 aliphatic carbocycles. The van der Waals surface area contributed by atoms with E-state index < -0.39 is 0 Å². The normalized spacial score (nSPS) is 14.2. The van der Waals surface area contributed by atoms with Crippen LogP contribution in [0.3, 0.4) is 0 Å². The molecule has 0 spiro atoms. The molecule has 1 saturated heterocycles. The van der Waals surface area contributed by atoms with Crippen LogP contribution in [0.15, 0.2) is 30.6 Å². The average molecular weight is 469 g/mol. The minimum Gasteiger partial charge on any atom is -0.378 e. The molecule has 1 aliphatic rings. The number of amides is 1. The maximum atomic E-state index is 11.0. The second-order valence-corrected chi connectivity index (χ2v) is 8.63. The van der Waals surface area contributed by atoms with Crippen molar-refractivity contribution in [3.8, 4) is 11.3 Å². The zero-order valence-electron chi connectivity index (χ0n) is 19.7. The molecular formula is C24H32N6O4. The van der Waals surface area contributed by atoms with E-state index in [9.17, 15) is 4.79 Å². The van der Waals surface area contributed by atoms with Gasteiger partial charge in [0.25, 0.3) is 0 Å². The van der Waals surface area contributed by atoms with Gasteiger partial charge in [-0.15, -0.1) is 0 Å². The highest BCUT2D eigenvalue weighted by molar-refractivity contribution is 5.88. The van der Waals surface area contributed by atoms with Crippen LogP contribution in [0.25, 0.3) is 22.4 Å². The molecule has 182 valence electrons. The third-order valence-corrected chi connectivity index (χ3v) is 5.82. The molecule has 3 aromatic rings. The van der Waals surface area contributed by atoms with E-state index in [0.29, 0.717) is 45.2 Å². The van der Waals surface area contributed by atoms with Crippen LogP contribution >= 0.6 is 0 Å². The Kier molecular flexibility index (Phi) is 8.04. The van der Waals surface area contributed by atoms with E-state index >= 15 is 0 Å². The van der Waals surface area contributed by atoms with Crippen LogP contribution in [0.2, 0.25) is 0 Å². The minimum atomic E-state index is -0.371. The average Bonchev–Trinajstić information content (AvgIpc) is 3.31. The Morgan fingerprint density at radius 1 is 1.18 bits per heavy atom. The summed E-state index contributed by atoms with van der Waals surface area (Å²) >= 11 is 0.